The number of rotatable bonds is 9. The van der Waals surface area contributed by atoms with Crippen LogP contribution in [-0.2, 0) is 4.79 Å². The van der Waals surface area contributed by atoms with Gasteiger partial charge >= 0.3 is 0 Å². The zero-order valence-electron chi connectivity index (χ0n) is 18.3. The van der Waals surface area contributed by atoms with E-state index in [1.54, 1.807) is 45.5 Å². The van der Waals surface area contributed by atoms with Crippen molar-refractivity contribution in [3.05, 3.63) is 48.0 Å². The molecule has 1 saturated carbocycles. The quantitative estimate of drug-likeness (QED) is 0.444. The Morgan fingerprint density at radius 1 is 0.903 bits per heavy atom. The summed E-state index contributed by atoms with van der Waals surface area (Å²) in [6.07, 6.45) is 2.40. The maximum Gasteiger partial charge on any atom is 0.256 e. The summed E-state index contributed by atoms with van der Waals surface area (Å²) in [6, 6.07) is 8.90. The molecule has 2 aromatic rings. The summed E-state index contributed by atoms with van der Waals surface area (Å²) in [7, 11) is 6.25. The molecule has 0 spiro atoms. The van der Waals surface area contributed by atoms with E-state index in [1.165, 1.54) is 12.8 Å². The number of carbonyl (C=O) groups excluding carboxylic acids is 1. The van der Waals surface area contributed by atoms with Crippen molar-refractivity contribution in [1.29, 1.82) is 0 Å². The van der Waals surface area contributed by atoms with Crippen LogP contribution in [0.3, 0.4) is 0 Å². The normalized spacial score (nSPS) is 17.8. The van der Waals surface area contributed by atoms with Crippen molar-refractivity contribution in [2.45, 2.75) is 18.9 Å². The van der Waals surface area contributed by atoms with Gasteiger partial charge in [0, 0.05) is 17.7 Å². The molecule has 1 aliphatic carbocycles. The van der Waals surface area contributed by atoms with Crippen LogP contribution in [0.15, 0.2) is 42.5 Å². The van der Waals surface area contributed by atoms with E-state index in [2.05, 4.69) is 6.58 Å². The number of benzene rings is 2. The van der Waals surface area contributed by atoms with Crippen molar-refractivity contribution in [3.63, 3.8) is 0 Å². The van der Waals surface area contributed by atoms with Crippen molar-refractivity contribution in [2.24, 2.45) is 5.92 Å². The third kappa shape index (κ3) is 3.76. The summed E-state index contributed by atoms with van der Waals surface area (Å²) in [5.41, 5.74) is 2.03. The van der Waals surface area contributed by atoms with Gasteiger partial charge in [-0.15, -0.1) is 0 Å². The highest BCUT2D eigenvalue weighted by Gasteiger charge is 2.43. The van der Waals surface area contributed by atoms with Crippen molar-refractivity contribution in [3.8, 4) is 28.7 Å². The number of carbonyl (C=O) groups is 1. The first kappa shape index (κ1) is 20.9. The van der Waals surface area contributed by atoms with Gasteiger partial charge in [-0.3, -0.25) is 9.69 Å². The Morgan fingerprint density at radius 2 is 1.55 bits per heavy atom. The predicted octanol–water partition coefficient (Wildman–Crippen LogP) is 4.15. The average molecular weight is 425 g/mol. The first-order valence-corrected chi connectivity index (χ1v) is 10.2. The molecule has 31 heavy (non-hydrogen) atoms. The number of hydrogen-bond acceptors (Lipinski definition) is 6. The van der Waals surface area contributed by atoms with Gasteiger partial charge in [0.15, 0.2) is 23.0 Å². The van der Waals surface area contributed by atoms with E-state index in [0.29, 0.717) is 52.5 Å². The van der Waals surface area contributed by atoms with Gasteiger partial charge in [-0.25, -0.2) is 0 Å². The summed E-state index contributed by atoms with van der Waals surface area (Å²) in [5, 5.41) is 0. The first-order chi connectivity index (χ1) is 15.0. The molecule has 2 aliphatic rings. The lowest BCUT2D eigenvalue weighted by atomic mass is 9.88. The fourth-order valence-corrected chi connectivity index (χ4v) is 3.77. The van der Waals surface area contributed by atoms with Gasteiger partial charge in [-0.2, -0.15) is 0 Å². The third-order valence-electron chi connectivity index (χ3n) is 5.68. The van der Waals surface area contributed by atoms with Crippen LogP contribution < -0.4 is 28.6 Å². The minimum absolute atomic E-state index is 0.157. The third-order valence-corrected chi connectivity index (χ3v) is 5.68. The Hall–Kier alpha value is -3.35. The van der Waals surface area contributed by atoms with Crippen molar-refractivity contribution in [1.82, 2.24) is 0 Å². The lowest BCUT2D eigenvalue weighted by Crippen LogP contribution is -2.48. The molecule has 4 rings (SSSR count). The molecule has 0 aromatic heterocycles. The standard InChI is InChI=1S/C24H27NO6/c1-14-22(16-8-9-18(27-2)19(10-16)31-13-15-6-7-15)25(24(14)26)17-11-20(28-3)23(30-5)21(12-17)29-4/h8-12,15,22H,1,6-7,13H2,2-5H3/t22-/m1/s1. The minimum Gasteiger partial charge on any atom is -0.493 e. The molecule has 2 aromatic carbocycles. The summed E-state index contributed by atoms with van der Waals surface area (Å²) >= 11 is 0. The number of β-lactam (4-membered cyclic amide) rings is 1. The summed E-state index contributed by atoms with van der Waals surface area (Å²) < 4.78 is 27.8. The molecule has 0 radical (unpaired) electrons. The lowest BCUT2D eigenvalue weighted by Gasteiger charge is -2.42. The van der Waals surface area contributed by atoms with Crippen molar-refractivity contribution >= 4 is 11.6 Å². The second-order valence-electron chi connectivity index (χ2n) is 7.65. The number of ether oxygens (including phenoxy) is 5. The molecule has 2 fully saturated rings. The number of nitrogens with zero attached hydrogens (tertiary/aromatic N) is 1. The molecule has 1 amide bonds. The van der Waals surface area contributed by atoms with Gasteiger partial charge in [0.25, 0.3) is 5.91 Å². The van der Waals surface area contributed by atoms with E-state index in [9.17, 15) is 4.79 Å². The fraction of sp³-hybridized carbons (Fsp3) is 0.375. The van der Waals surface area contributed by atoms with Crippen LogP contribution in [0.1, 0.15) is 24.4 Å². The minimum atomic E-state index is -0.329. The monoisotopic (exact) mass is 425 g/mol. The highest BCUT2D eigenvalue weighted by molar-refractivity contribution is 6.15. The molecule has 7 nitrogen and oxygen atoms in total. The van der Waals surface area contributed by atoms with Gasteiger partial charge in [-0.05, 0) is 36.5 Å². The van der Waals surface area contributed by atoms with E-state index in [4.69, 9.17) is 23.7 Å². The van der Waals surface area contributed by atoms with Gasteiger partial charge in [0.2, 0.25) is 5.75 Å². The van der Waals surface area contributed by atoms with Crippen LogP contribution in [0.4, 0.5) is 5.69 Å². The number of methoxy groups -OCH3 is 4. The van der Waals surface area contributed by atoms with Gasteiger partial charge in [0.05, 0.1) is 46.8 Å². The molecule has 0 N–H and O–H groups in total. The highest BCUT2D eigenvalue weighted by atomic mass is 16.5. The summed E-state index contributed by atoms with van der Waals surface area (Å²) in [6.45, 7) is 4.67. The van der Waals surface area contributed by atoms with Crippen LogP contribution in [0.5, 0.6) is 28.7 Å². The number of hydrogen-bond donors (Lipinski definition) is 0. The van der Waals surface area contributed by atoms with Crippen LogP contribution in [-0.4, -0.2) is 41.0 Å². The maximum absolute atomic E-state index is 12.8. The molecular formula is C24H27NO6. The maximum atomic E-state index is 12.8. The molecular weight excluding hydrogens is 398 g/mol. The average Bonchev–Trinajstić information content (AvgIpc) is 3.63. The smallest absolute Gasteiger partial charge is 0.256 e. The second kappa shape index (κ2) is 8.41. The zero-order valence-corrected chi connectivity index (χ0v) is 18.3. The van der Waals surface area contributed by atoms with E-state index >= 15 is 0 Å². The van der Waals surface area contributed by atoms with E-state index < -0.39 is 0 Å². The molecule has 164 valence electrons. The largest absolute Gasteiger partial charge is 0.493 e. The van der Waals surface area contributed by atoms with Gasteiger partial charge < -0.3 is 23.7 Å². The fourth-order valence-electron chi connectivity index (χ4n) is 3.77. The van der Waals surface area contributed by atoms with Crippen LogP contribution in [0.2, 0.25) is 0 Å². The number of amides is 1. The van der Waals surface area contributed by atoms with Gasteiger partial charge in [0.1, 0.15) is 0 Å². The SMILES string of the molecule is C=C1C(=O)N(c2cc(OC)c(OC)c(OC)c2)[C@H]1c1ccc(OC)c(OCC2CC2)c1. The van der Waals surface area contributed by atoms with Crippen molar-refractivity contribution in [2.75, 3.05) is 39.9 Å². The Kier molecular flexibility index (Phi) is 5.67. The Bertz CT molecular complexity index is 988. The topological polar surface area (TPSA) is 66.5 Å². The Morgan fingerprint density at radius 3 is 2.10 bits per heavy atom. The van der Waals surface area contributed by atoms with Gasteiger partial charge in [-0.1, -0.05) is 12.6 Å². The van der Waals surface area contributed by atoms with Crippen LogP contribution in [0, 0.1) is 5.92 Å². The van der Waals surface area contributed by atoms with Crippen molar-refractivity contribution < 1.29 is 28.5 Å². The number of anilines is 1. The molecule has 0 bridgehead atoms. The Balaban J connectivity index is 1.70. The molecule has 1 heterocycles. The summed E-state index contributed by atoms with van der Waals surface area (Å²) in [4.78, 5) is 14.5. The molecule has 0 unspecified atom stereocenters. The summed E-state index contributed by atoms with van der Waals surface area (Å²) in [5.74, 6) is 3.22. The predicted molar refractivity (Wildman–Crippen MR) is 117 cm³/mol. The molecule has 1 saturated heterocycles. The van der Waals surface area contributed by atoms with Crippen LogP contribution in [0.25, 0.3) is 0 Å². The first-order valence-electron chi connectivity index (χ1n) is 10.2. The molecule has 7 heteroatoms. The lowest BCUT2D eigenvalue weighted by molar-refractivity contribution is -0.118. The Labute approximate surface area is 182 Å². The zero-order chi connectivity index (χ0) is 22.1. The van der Waals surface area contributed by atoms with Crippen LogP contribution >= 0.6 is 0 Å². The molecule has 1 atom stereocenters. The van der Waals surface area contributed by atoms with E-state index in [1.807, 2.05) is 18.2 Å². The second-order valence-corrected chi connectivity index (χ2v) is 7.65. The van der Waals surface area contributed by atoms with E-state index in [0.717, 1.165) is 5.56 Å². The van der Waals surface area contributed by atoms with E-state index in [-0.39, 0.29) is 11.9 Å². The highest BCUT2D eigenvalue weighted by Crippen LogP contribution is 2.48. The molecule has 1 aliphatic heterocycles.